The molecule has 1 unspecified atom stereocenters. The van der Waals surface area contributed by atoms with Crippen molar-refractivity contribution in [3.8, 4) is 6.07 Å². The lowest BCUT2D eigenvalue weighted by Gasteiger charge is -2.31. The van der Waals surface area contributed by atoms with Crippen LogP contribution in [0, 0.1) is 23.2 Å². The van der Waals surface area contributed by atoms with Gasteiger partial charge in [-0.25, -0.2) is 9.59 Å². The van der Waals surface area contributed by atoms with E-state index in [2.05, 4.69) is 16.0 Å². The van der Waals surface area contributed by atoms with E-state index in [1.165, 1.54) is 7.11 Å². The molecule has 0 fully saturated rings. The highest BCUT2D eigenvalue weighted by Gasteiger charge is 2.44. The number of hydrogen-bond acceptors (Lipinski definition) is 9. The highest BCUT2D eigenvalue weighted by Crippen LogP contribution is 2.19. The molecule has 0 aromatic rings. The molecule has 3 amide bonds. The van der Waals surface area contributed by atoms with E-state index < -0.39 is 65.1 Å². The second-order valence-electron chi connectivity index (χ2n) is 12.6. The van der Waals surface area contributed by atoms with Crippen LogP contribution in [-0.4, -0.2) is 65.8 Å². The van der Waals surface area contributed by atoms with E-state index in [9.17, 15) is 29.2 Å². The van der Waals surface area contributed by atoms with Gasteiger partial charge in [0.05, 0.1) is 7.11 Å². The Labute approximate surface area is 238 Å². The van der Waals surface area contributed by atoms with Gasteiger partial charge >= 0.3 is 18.0 Å². The van der Waals surface area contributed by atoms with E-state index >= 15 is 0 Å². The van der Waals surface area contributed by atoms with Gasteiger partial charge in [0, 0.05) is 12.8 Å². The van der Waals surface area contributed by atoms with E-state index in [1.807, 2.05) is 33.8 Å². The standard InChI is InChI=1S/C28H48N4O8/c1-17(2)14-19(31-25(37)40-27(8,9)10)22(34)32-28(16-29,13-12-21(33)39-26(5,6)7)24(36)30-20(15-18(3)4)23(35)38-11/h17-20H,12-15H2,1-11H3,(H,30,36)(H,31,37)(H,32,34)/t19-,20-,28?/m0/s1. The summed E-state index contributed by atoms with van der Waals surface area (Å²) in [5, 5.41) is 17.7. The highest BCUT2D eigenvalue weighted by molar-refractivity contribution is 5.98. The number of methoxy groups -OCH3 is 1. The van der Waals surface area contributed by atoms with Crippen molar-refractivity contribution in [2.24, 2.45) is 11.8 Å². The maximum absolute atomic E-state index is 13.6. The summed E-state index contributed by atoms with van der Waals surface area (Å²) in [6, 6.07) is -0.433. The molecule has 0 bridgehead atoms. The summed E-state index contributed by atoms with van der Waals surface area (Å²) in [5.74, 6) is -3.33. The number of carbonyl (C=O) groups is 5. The van der Waals surface area contributed by atoms with Crippen molar-refractivity contribution in [3.63, 3.8) is 0 Å². The van der Waals surface area contributed by atoms with Crippen molar-refractivity contribution in [2.75, 3.05) is 7.11 Å². The number of esters is 2. The molecule has 0 saturated carbocycles. The Bertz CT molecular complexity index is 943. The molecule has 40 heavy (non-hydrogen) atoms. The van der Waals surface area contributed by atoms with Gasteiger partial charge in [0.1, 0.15) is 29.4 Å². The van der Waals surface area contributed by atoms with Crippen LogP contribution < -0.4 is 16.0 Å². The van der Waals surface area contributed by atoms with E-state index in [4.69, 9.17) is 14.2 Å². The largest absolute Gasteiger partial charge is 0.467 e. The predicted molar refractivity (Wildman–Crippen MR) is 148 cm³/mol. The lowest BCUT2D eigenvalue weighted by molar-refractivity contribution is -0.155. The molecular weight excluding hydrogens is 520 g/mol. The lowest BCUT2D eigenvalue weighted by atomic mass is 9.91. The zero-order chi connectivity index (χ0) is 31.5. The molecule has 0 saturated heterocycles. The second-order valence-corrected chi connectivity index (χ2v) is 12.6. The molecule has 3 N–H and O–H groups in total. The highest BCUT2D eigenvalue weighted by atomic mass is 16.6. The topological polar surface area (TPSA) is 173 Å². The SMILES string of the molecule is COC(=O)[C@H](CC(C)C)NC(=O)C(C#N)(CCC(=O)OC(C)(C)C)NC(=O)[C@H](CC(C)C)NC(=O)OC(C)(C)C. The molecule has 0 aliphatic heterocycles. The molecule has 0 rings (SSSR count). The number of hydrogen-bond donors (Lipinski definition) is 3. The number of alkyl carbamates (subject to hydrolysis) is 1. The Balaban J connectivity index is 6.32. The van der Waals surface area contributed by atoms with Gasteiger partial charge in [-0.3, -0.25) is 14.4 Å². The summed E-state index contributed by atoms with van der Waals surface area (Å²) in [6.45, 7) is 17.3. The fraction of sp³-hybridized carbons (Fsp3) is 0.786. The van der Waals surface area contributed by atoms with Gasteiger partial charge in [-0.15, -0.1) is 0 Å². The molecule has 228 valence electrons. The van der Waals surface area contributed by atoms with Gasteiger partial charge in [-0.05, 0) is 66.2 Å². The summed E-state index contributed by atoms with van der Waals surface area (Å²) in [4.78, 5) is 64.4. The summed E-state index contributed by atoms with van der Waals surface area (Å²) < 4.78 is 15.4. The first kappa shape index (κ1) is 36.6. The Morgan fingerprint density at radius 2 is 1.30 bits per heavy atom. The van der Waals surface area contributed by atoms with Gasteiger partial charge < -0.3 is 30.2 Å². The molecule has 0 aliphatic rings. The Kier molecular flexibility index (Phi) is 14.1. The Morgan fingerprint density at radius 3 is 1.73 bits per heavy atom. The van der Waals surface area contributed by atoms with E-state index in [0.29, 0.717) is 0 Å². The predicted octanol–water partition coefficient (Wildman–Crippen LogP) is 3.13. The normalized spacial score (nSPS) is 14.7. The van der Waals surface area contributed by atoms with Crippen molar-refractivity contribution in [2.45, 2.75) is 124 Å². The van der Waals surface area contributed by atoms with Crippen molar-refractivity contribution >= 4 is 29.8 Å². The minimum atomic E-state index is -2.28. The van der Waals surface area contributed by atoms with Crippen LogP contribution in [0.25, 0.3) is 0 Å². The number of rotatable bonds is 13. The van der Waals surface area contributed by atoms with E-state index in [-0.39, 0.29) is 31.1 Å². The van der Waals surface area contributed by atoms with Crippen molar-refractivity contribution in [3.05, 3.63) is 0 Å². The van der Waals surface area contributed by atoms with Crippen LogP contribution in [0.5, 0.6) is 0 Å². The summed E-state index contributed by atoms with van der Waals surface area (Å²) >= 11 is 0. The van der Waals surface area contributed by atoms with Crippen LogP contribution in [0.1, 0.15) is 94.9 Å². The van der Waals surface area contributed by atoms with Crippen LogP contribution in [0.2, 0.25) is 0 Å². The second kappa shape index (κ2) is 15.4. The molecule has 12 heteroatoms. The van der Waals surface area contributed by atoms with Crippen molar-refractivity contribution in [1.82, 2.24) is 16.0 Å². The number of amides is 3. The molecule has 3 atom stereocenters. The van der Waals surface area contributed by atoms with Crippen LogP contribution >= 0.6 is 0 Å². The Hall–Kier alpha value is -3.36. The third-order valence-corrected chi connectivity index (χ3v) is 5.25. The van der Waals surface area contributed by atoms with E-state index in [1.54, 1.807) is 41.5 Å². The minimum absolute atomic E-state index is 0.0225. The van der Waals surface area contributed by atoms with Gasteiger partial charge in [0.25, 0.3) is 5.91 Å². The first-order valence-electron chi connectivity index (χ1n) is 13.5. The molecule has 0 aromatic carbocycles. The average Bonchev–Trinajstić information content (AvgIpc) is 2.77. The van der Waals surface area contributed by atoms with Gasteiger partial charge in [-0.1, -0.05) is 27.7 Å². The average molecular weight is 569 g/mol. The first-order chi connectivity index (χ1) is 18.1. The van der Waals surface area contributed by atoms with Crippen molar-refractivity contribution < 1.29 is 38.2 Å². The maximum Gasteiger partial charge on any atom is 0.408 e. The van der Waals surface area contributed by atoms with Gasteiger partial charge in [0.2, 0.25) is 11.4 Å². The number of nitriles is 1. The molecule has 0 radical (unpaired) electrons. The fourth-order valence-corrected chi connectivity index (χ4v) is 3.61. The summed E-state index contributed by atoms with van der Waals surface area (Å²) in [7, 11) is 1.17. The molecular formula is C28H48N4O8. The number of ether oxygens (including phenoxy) is 3. The quantitative estimate of drug-likeness (QED) is 0.223. The maximum atomic E-state index is 13.6. The minimum Gasteiger partial charge on any atom is -0.467 e. The number of carbonyl (C=O) groups excluding carboxylic acids is 5. The summed E-state index contributed by atoms with van der Waals surface area (Å²) in [5.41, 5.74) is -3.92. The number of nitrogens with zero attached hydrogens (tertiary/aromatic N) is 1. The first-order valence-corrected chi connectivity index (χ1v) is 13.5. The van der Waals surface area contributed by atoms with Crippen LogP contribution in [0.15, 0.2) is 0 Å². The zero-order valence-electron chi connectivity index (χ0n) is 25.9. The molecule has 0 spiro atoms. The molecule has 0 heterocycles. The van der Waals surface area contributed by atoms with Crippen LogP contribution in [0.4, 0.5) is 4.79 Å². The fourth-order valence-electron chi connectivity index (χ4n) is 3.61. The molecule has 0 aliphatic carbocycles. The lowest BCUT2D eigenvalue weighted by Crippen LogP contribution is -2.63. The third-order valence-electron chi connectivity index (χ3n) is 5.25. The van der Waals surface area contributed by atoms with Crippen LogP contribution in [0.3, 0.4) is 0 Å². The van der Waals surface area contributed by atoms with Crippen LogP contribution in [-0.2, 0) is 33.4 Å². The zero-order valence-corrected chi connectivity index (χ0v) is 25.9. The van der Waals surface area contributed by atoms with E-state index in [0.717, 1.165) is 0 Å². The van der Waals surface area contributed by atoms with Gasteiger partial charge in [0.15, 0.2) is 0 Å². The monoisotopic (exact) mass is 568 g/mol. The Morgan fingerprint density at radius 1 is 0.800 bits per heavy atom. The summed E-state index contributed by atoms with van der Waals surface area (Å²) in [6.07, 6.45) is -1.32. The third kappa shape index (κ3) is 14.1. The van der Waals surface area contributed by atoms with Gasteiger partial charge in [-0.2, -0.15) is 5.26 Å². The molecule has 0 aromatic heterocycles. The van der Waals surface area contributed by atoms with Crippen molar-refractivity contribution in [1.29, 1.82) is 5.26 Å². The number of nitrogens with one attached hydrogen (secondary N) is 3. The smallest absolute Gasteiger partial charge is 0.408 e. The molecule has 12 nitrogen and oxygen atoms in total.